The Kier molecular flexibility index (Phi) is 6.98. The SMILES string of the molecule is CN=C(NCc1ccc(F)c(COC)c1)NC1CCN(c2c(F)cccc2F)C1. The van der Waals surface area contributed by atoms with Gasteiger partial charge in [0.15, 0.2) is 5.96 Å². The number of halogens is 3. The summed E-state index contributed by atoms with van der Waals surface area (Å²) in [6, 6.07) is 8.75. The number of hydrogen-bond acceptors (Lipinski definition) is 3. The maximum atomic E-state index is 14.0. The fourth-order valence-electron chi connectivity index (χ4n) is 3.45. The first-order valence-electron chi connectivity index (χ1n) is 9.44. The molecule has 2 aromatic carbocycles. The molecule has 2 N–H and O–H groups in total. The smallest absolute Gasteiger partial charge is 0.191 e. The van der Waals surface area contributed by atoms with Gasteiger partial charge in [-0.05, 0) is 36.2 Å². The van der Waals surface area contributed by atoms with Gasteiger partial charge < -0.3 is 20.3 Å². The lowest BCUT2D eigenvalue weighted by Crippen LogP contribution is -2.44. The second-order valence-electron chi connectivity index (χ2n) is 6.93. The Morgan fingerprint density at radius 3 is 2.62 bits per heavy atom. The highest BCUT2D eigenvalue weighted by atomic mass is 19.1. The van der Waals surface area contributed by atoms with E-state index >= 15 is 0 Å². The van der Waals surface area contributed by atoms with Crippen LogP contribution in [0.2, 0.25) is 0 Å². The first-order valence-corrected chi connectivity index (χ1v) is 9.44. The number of hydrogen-bond donors (Lipinski definition) is 2. The minimum absolute atomic E-state index is 0.00234. The summed E-state index contributed by atoms with van der Waals surface area (Å²) in [7, 11) is 3.17. The van der Waals surface area contributed by atoms with Gasteiger partial charge in [0.2, 0.25) is 0 Å². The fourth-order valence-corrected chi connectivity index (χ4v) is 3.45. The van der Waals surface area contributed by atoms with Crippen LogP contribution in [0.1, 0.15) is 17.5 Å². The summed E-state index contributed by atoms with van der Waals surface area (Å²) in [5.41, 5.74) is 1.40. The first kappa shape index (κ1) is 21.0. The Morgan fingerprint density at radius 1 is 1.17 bits per heavy atom. The minimum atomic E-state index is -0.559. The molecule has 5 nitrogen and oxygen atoms in total. The van der Waals surface area contributed by atoms with Crippen LogP contribution in [-0.4, -0.2) is 39.2 Å². The summed E-state index contributed by atoms with van der Waals surface area (Å²) in [5, 5.41) is 6.47. The van der Waals surface area contributed by atoms with Crippen LogP contribution >= 0.6 is 0 Å². The van der Waals surface area contributed by atoms with E-state index in [1.807, 2.05) is 0 Å². The normalized spacial score (nSPS) is 16.9. The van der Waals surface area contributed by atoms with E-state index in [1.54, 1.807) is 24.1 Å². The molecule has 29 heavy (non-hydrogen) atoms. The maximum absolute atomic E-state index is 14.0. The van der Waals surface area contributed by atoms with Gasteiger partial charge >= 0.3 is 0 Å². The molecule has 1 saturated heterocycles. The molecule has 1 heterocycles. The van der Waals surface area contributed by atoms with Gasteiger partial charge in [0.25, 0.3) is 0 Å². The van der Waals surface area contributed by atoms with E-state index in [2.05, 4.69) is 15.6 Å². The molecule has 3 rings (SSSR count). The summed E-state index contributed by atoms with van der Waals surface area (Å²) in [4.78, 5) is 5.91. The Hall–Kier alpha value is -2.74. The third-order valence-electron chi connectivity index (χ3n) is 4.88. The topological polar surface area (TPSA) is 48.9 Å². The molecule has 2 aromatic rings. The predicted octanol–water partition coefficient (Wildman–Crippen LogP) is 3.19. The molecule has 0 amide bonds. The van der Waals surface area contributed by atoms with Crippen molar-refractivity contribution >= 4 is 11.6 Å². The van der Waals surface area contributed by atoms with Gasteiger partial charge in [0.1, 0.15) is 23.1 Å². The summed E-state index contributed by atoms with van der Waals surface area (Å²) in [5.74, 6) is -0.847. The van der Waals surface area contributed by atoms with E-state index in [1.165, 1.54) is 31.4 Å². The number of benzene rings is 2. The van der Waals surface area contributed by atoms with E-state index in [0.717, 1.165) is 12.0 Å². The van der Waals surface area contributed by atoms with Gasteiger partial charge in [-0.3, -0.25) is 4.99 Å². The summed E-state index contributed by atoms with van der Waals surface area (Å²) in [6.45, 7) is 1.67. The molecule has 0 bridgehead atoms. The lowest BCUT2D eigenvalue weighted by molar-refractivity contribution is 0.181. The van der Waals surface area contributed by atoms with Crippen molar-refractivity contribution in [2.45, 2.75) is 25.6 Å². The average Bonchev–Trinajstić information content (AvgIpc) is 3.15. The number of guanidine groups is 1. The highest BCUT2D eigenvalue weighted by Gasteiger charge is 2.27. The zero-order valence-electron chi connectivity index (χ0n) is 16.5. The molecule has 0 saturated carbocycles. The van der Waals surface area contributed by atoms with Crippen LogP contribution in [0.15, 0.2) is 41.4 Å². The number of aliphatic imine (C=N–C) groups is 1. The monoisotopic (exact) mass is 406 g/mol. The molecule has 8 heteroatoms. The second kappa shape index (κ2) is 9.65. The molecule has 0 spiro atoms. The Morgan fingerprint density at radius 2 is 1.93 bits per heavy atom. The Labute approximate surface area is 168 Å². The van der Waals surface area contributed by atoms with E-state index in [9.17, 15) is 13.2 Å². The number of anilines is 1. The van der Waals surface area contributed by atoms with E-state index in [-0.39, 0.29) is 24.2 Å². The summed E-state index contributed by atoms with van der Waals surface area (Å²) in [6.07, 6.45) is 0.725. The molecule has 1 aliphatic rings. The van der Waals surface area contributed by atoms with Gasteiger partial charge in [-0.25, -0.2) is 13.2 Å². The predicted molar refractivity (Wildman–Crippen MR) is 107 cm³/mol. The quantitative estimate of drug-likeness (QED) is 0.572. The van der Waals surface area contributed by atoms with Crippen LogP contribution in [0, 0.1) is 17.5 Å². The van der Waals surface area contributed by atoms with E-state index in [0.29, 0.717) is 31.2 Å². The van der Waals surface area contributed by atoms with Crippen LogP contribution in [0.4, 0.5) is 18.9 Å². The lowest BCUT2D eigenvalue weighted by Gasteiger charge is -2.21. The van der Waals surface area contributed by atoms with Gasteiger partial charge in [0.05, 0.1) is 6.61 Å². The largest absolute Gasteiger partial charge is 0.380 e. The van der Waals surface area contributed by atoms with Crippen molar-refractivity contribution in [2.75, 3.05) is 32.1 Å². The number of rotatable bonds is 6. The standard InChI is InChI=1S/C21H25F3N4O/c1-25-21(26-11-14-6-7-17(22)15(10-14)13-29-2)27-16-8-9-28(12-16)20-18(23)4-3-5-19(20)24/h3-7,10,16H,8-9,11-13H2,1-2H3,(H2,25,26,27). The van der Waals surface area contributed by atoms with Crippen molar-refractivity contribution in [3.05, 3.63) is 65.0 Å². The fraction of sp³-hybridized carbons (Fsp3) is 0.381. The minimum Gasteiger partial charge on any atom is -0.380 e. The number of nitrogens with one attached hydrogen (secondary N) is 2. The zero-order chi connectivity index (χ0) is 20.8. The van der Waals surface area contributed by atoms with Crippen LogP contribution in [0.5, 0.6) is 0 Å². The van der Waals surface area contributed by atoms with Crippen LogP contribution < -0.4 is 15.5 Å². The molecule has 156 valence electrons. The van der Waals surface area contributed by atoms with Crippen molar-refractivity contribution in [1.82, 2.24) is 10.6 Å². The molecular formula is C21H25F3N4O. The highest BCUT2D eigenvalue weighted by molar-refractivity contribution is 5.80. The highest BCUT2D eigenvalue weighted by Crippen LogP contribution is 2.26. The average molecular weight is 406 g/mol. The molecule has 0 aromatic heterocycles. The summed E-state index contributed by atoms with van der Waals surface area (Å²) < 4.78 is 46.8. The Bertz CT molecular complexity index is 855. The maximum Gasteiger partial charge on any atom is 0.191 e. The Balaban J connectivity index is 1.57. The molecule has 0 radical (unpaired) electrons. The molecule has 1 aliphatic heterocycles. The van der Waals surface area contributed by atoms with Crippen molar-refractivity contribution in [3.8, 4) is 0 Å². The molecular weight excluding hydrogens is 381 g/mol. The van der Waals surface area contributed by atoms with E-state index < -0.39 is 11.6 Å². The van der Waals surface area contributed by atoms with Gasteiger partial charge in [-0.1, -0.05) is 12.1 Å². The second-order valence-corrected chi connectivity index (χ2v) is 6.93. The zero-order valence-corrected chi connectivity index (χ0v) is 16.5. The van der Waals surface area contributed by atoms with E-state index in [4.69, 9.17) is 4.74 Å². The number of nitrogens with zero attached hydrogens (tertiary/aromatic N) is 2. The number of methoxy groups -OCH3 is 1. The van der Waals surface area contributed by atoms with Crippen molar-refractivity contribution < 1.29 is 17.9 Å². The van der Waals surface area contributed by atoms with Gasteiger partial charge in [-0.15, -0.1) is 0 Å². The van der Waals surface area contributed by atoms with Gasteiger partial charge in [0, 0.05) is 45.4 Å². The number of para-hydroxylation sites is 1. The molecule has 1 atom stereocenters. The molecule has 1 fully saturated rings. The van der Waals surface area contributed by atoms with Crippen LogP contribution in [-0.2, 0) is 17.9 Å². The lowest BCUT2D eigenvalue weighted by atomic mass is 10.1. The van der Waals surface area contributed by atoms with Crippen LogP contribution in [0.25, 0.3) is 0 Å². The van der Waals surface area contributed by atoms with Crippen molar-refractivity contribution in [2.24, 2.45) is 4.99 Å². The summed E-state index contributed by atoms with van der Waals surface area (Å²) >= 11 is 0. The molecule has 0 aliphatic carbocycles. The molecule has 1 unspecified atom stereocenters. The first-order chi connectivity index (χ1) is 14.0. The van der Waals surface area contributed by atoms with Gasteiger partial charge in [-0.2, -0.15) is 0 Å². The van der Waals surface area contributed by atoms with Crippen molar-refractivity contribution in [1.29, 1.82) is 0 Å². The van der Waals surface area contributed by atoms with Crippen molar-refractivity contribution in [3.63, 3.8) is 0 Å². The number of ether oxygens (including phenoxy) is 1. The third kappa shape index (κ3) is 5.20. The van der Waals surface area contributed by atoms with Crippen LogP contribution in [0.3, 0.4) is 0 Å². The third-order valence-corrected chi connectivity index (χ3v) is 4.88.